The number of nitrogens with one attached hydrogen (secondary N) is 1. The van der Waals surface area contributed by atoms with E-state index in [9.17, 15) is 9.59 Å². The normalized spacial score (nSPS) is 13.8. The Balaban J connectivity index is 1.39. The molecule has 0 saturated carbocycles. The first-order valence-electron chi connectivity index (χ1n) is 11.0. The van der Waals surface area contributed by atoms with Crippen LogP contribution in [0.4, 0.5) is 0 Å². The highest BCUT2D eigenvalue weighted by Gasteiger charge is 2.27. The Kier molecular flexibility index (Phi) is 7.34. The number of benzene rings is 1. The van der Waals surface area contributed by atoms with E-state index in [1.165, 1.54) is 17.3 Å². The van der Waals surface area contributed by atoms with E-state index >= 15 is 0 Å². The number of thioether (sulfide) groups is 1. The summed E-state index contributed by atoms with van der Waals surface area (Å²) in [7, 11) is 0. The van der Waals surface area contributed by atoms with Gasteiger partial charge < -0.3 is 10.2 Å². The minimum Gasteiger partial charge on any atom is -0.351 e. The third-order valence-corrected chi connectivity index (χ3v) is 6.79. The summed E-state index contributed by atoms with van der Waals surface area (Å²) in [6.45, 7) is 5.55. The zero-order valence-electron chi connectivity index (χ0n) is 18.8. The van der Waals surface area contributed by atoms with E-state index in [1.54, 1.807) is 18.5 Å². The van der Waals surface area contributed by atoms with Crippen LogP contribution in [-0.2, 0) is 29.1 Å². The molecule has 3 heterocycles. The van der Waals surface area contributed by atoms with E-state index in [2.05, 4.69) is 20.3 Å². The molecule has 0 saturated heterocycles. The second-order valence-electron chi connectivity index (χ2n) is 8.06. The molecular formula is C25H27N5O2S. The smallest absolute Gasteiger partial charge is 0.230 e. The number of pyridine rings is 1. The molecule has 170 valence electrons. The molecule has 0 radical (unpaired) electrons. The summed E-state index contributed by atoms with van der Waals surface area (Å²) >= 11 is 1.31. The number of hydrogen-bond acceptors (Lipinski definition) is 6. The second kappa shape index (κ2) is 10.6. The number of carbonyl (C=O) groups excluding carboxylic acids is 2. The quantitative estimate of drug-likeness (QED) is 0.429. The highest BCUT2D eigenvalue weighted by molar-refractivity contribution is 7.99. The van der Waals surface area contributed by atoms with Crippen molar-refractivity contribution in [1.82, 2.24) is 25.2 Å². The average molecular weight is 462 g/mol. The molecule has 0 fully saturated rings. The van der Waals surface area contributed by atoms with E-state index < -0.39 is 0 Å². The van der Waals surface area contributed by atoms with Gasteiger partial charge in [0.05, 0.1) is 11.7 Å². The number of nitrogens with zero attached hydrogens (tertiary/aromatic N) is 4. The number of fused-ring (bicyclic) bond motifs is 1. The number of rotatable bonds is 7. The maximum atomic E-state index is 13.1. The van der Waals surface area contributed by atoms with Gasteiger partial charge in [0.1, 0.15) is 0 Å². The number of hydrogen-bond donors (Lipinski definition) is 1. The third kappa shape index (κ3) is 5.57. The van der Waals surface area contributed by atoms with Crippen LogP contribution in [-0.4, -0.2) is 44.0 Å². The van der Waals surface area contributed by atoms with Crippen LogP contribution < -0.4 is 5.32 Å². The molecule has 2 aromatic heterocycles. The molecule has 8 heteroatoms. The lowest BCUT2D eigenvalue weighted by molar-refractivity contribution is -0.133. The van der Waals surface area contributed by atoms with Crippen molar-refractivity contribution in [1.29, 1.82) is 0 Å². The molecule has 1 aliphatic rings. The first kappa shape index (κ1) is 22.9. The van der Waals surface area contributed by atoms with Crippen molar-refractivity contribution in [3.05, 3.63) is 82.9 Å². The maximum absolute atomic E-state index is 13.1. The van der Waals surface area contributed by atoms with E-state index in [1.807, 2.05) is 55.3 Å². The highest BCUT2D eigenvalue weighted by Crippen LogP contribution is 2.27. The van der Waals surface area contributed by atoms with E-state index in [4.69, 9.17) is 0 Å². The monoisotopic (exact) mass is 461 g/mol. The van der Waals surface area contributed by atoms with E-state index in [0.717, 1.165) is 28.8 Å². The van der Waals surface area contributed by atoms with Crippen molar-refractivity contribution >= 4 is 23.6 Å². The first-order chi connectivity index (χ1) is 16.0. The van der Waals surface area contributed by atoms with Crippen LogP contribution in [0.15, 0.2) is 60.1 Å². The fourth-order valence-corrected chi connectivity index (χ4v) is 4.66. The molecule has 1 atom stereocenters. The molecule has 7 nitrogen and oxygen atoms in total. The molecule has 1 unspecified atom stereocenters. The summed E-state index contributed by atoms with van der Waals surface area (Å²) in [5.74, 6) is 0.123. The summed E-state index contributed by atoms with van der Waals surface area (Å²) in [5.41, 5.74) is 5.23. The van der Waals surface area contributed by atoms with Crippen molar-refractivity contribution in [2.45, 2.75) is 44.4 Å². The fourth-order valence-electron chi connectivity index (χ4n) is 4.03. The molecule has 0 aliphatic carbocycles. The van der Waals surface area contributed by atoms with Gasteiger partial charge in [-0.3, -0.25) is 14.6 Å². The minimum atomic E-state index is -0.184. The van der Waals surface area contributed by atoms with Crippen molar-refractivity contribution in [3.8, 4) is 0 Å². The Morgan fingerprint density at radius 2 is 1.88 bits per heavy atom. The topological polar surface area (TPSA) is 88.1 Å². The molecule has 0 spiro atoms. The Bertz CT molecular complexity index is 1120. The fraction of sp³-hybridized carbons (Fsp3) is 0.320. The average Bonchev–Trinajstić information content (AvgIpc) is 2.87. The van der Waals surface area contributed by atoms with Crippen molar-refractivity contribution in [3.63, 3.8) is 0 Å². The number of carbonyl (C=O) groups is 2. The van der Waals surface area contributed by atoms with Crippen LogP contribution >= 0.6 is 11.8 Å². The zero-order chi connectivity index (χ0) is 23.2. The maximum Gasteiger partial charge on any atom is 0.230 e. The van der Waals surface area contributed by atoms with Gasteiger partial charge >= 0.3 is 0 Å². The van der Waals surface area contributed by atoms with Gasteiger partial charge in [-0.2, -0.15) is 0 Å². The summed E-state index contributed by atoms with van der Waals surface area (Å²) in [5, 5.41) is 3.58. The van der Waals surface area contributed by atoms with Gasteiger partial charge in [-0.25, -0.2) is 9.97 Å². The van der Waals surface area contributed by atoms with Gasteiger partial charge in [-0.05, 0) is 48.6 Å². The summed E-state index contributed by atoms with van der Waals surface area (Å²) in [4.78, 5) is 40.2. The summed E-state index contributed by atoms with van der Waals surface area (Å²) in [6, 6.07) is 11.6. The van der Waals surface area contributed by atoms with E-state index in [0.29, 0.717) is 24.8 Å². The van der Waals surface area contributed by atoms with Crippen LogP contribution in [0.2, 0.25) is 0 Å². The van der Waals surface area contributed by atoms with Gasteiger partial charge in [0.25, 0.3) is 0 Å². The SMILES string of the molecule is Cc1ncc2c(c1CNC(=O)CSc1ncccn1)CCN(C(=O)C(C)c1ccccc1)C2. The first-order valence-corrected chi connectivity index (χ1v) is 12.0. The zero-order valence-corrected chi connectivity index (χ0v) is 19.6. The van der Waals surface area contributed by atoms with Gasteiger partial charge in [0.2, 0.25) is 11.8 Å². The van der Waals surface area contributed by atoms with Crippen LogP contribution in [0.3, 0.4) is 0 Å². The predicted octanol–water partition coefficient (Wildman–Crippen LogP) is 3.28. The standard InChI is InChI=1S/C25H27N5O2S/c1-17(19-7-4-3-5-8-19)24(32)30-12-9-21-20(15-30)13-28-18(2)22(21)14-29-23(31)16-33-25-26-10-6-11-27-25/h3-8,10-11,13,17H,9,12,14-16H2,1-2H3,(H,29,31). The van der Waals surface area contributed by atoms with Gasteiger partial charge in [0, 0.05) is 43.9 Å². The molecule has 2 amide bonds. The second-order valence-corrected chi connectivity index (χ2v) is 9.01. The molecule has 0 bridgehead atoms. The molecule has 4 rings (SSSR count). The van der Waals surface area contributed by atoms with Crippen molar-refractivity contribution < 1.29 is 9.59 Å². The van der Waals surface area contributed by atoms with Crippen molar-refractivity contribution in [2.24, 2.45) is 0 Å². The van der Waals surface area contributed by atoms with Gasteiger partial charge in [-0.1, -0.05) is 42.1 Å². The van der Waals surface area contributed by atoms with Crippen LogP contribution in [0.1, 0.15) is 40.8 Å². The summed E-state index contributed by atoms with van der Waals surface area (Å²) < 4.78 is 0. The number of amides is 2. The molecule has 1 aliphatic heterocycles. The Morgan fingerprint density at radius 3 is 2.64 bits per heavy atom. The van der Waals surface area contributed by atoms with Crippen molar-refractivity contribution in [2.75, 3.05) is 12.3 Å². The number of aromatic nitrogens is 3. The molecule has 33 heavy (non-hydrogen) atoms. The minimum absolute atomic E-state index is 0.0752. The Morgan fingerprint density at radius 1 is 1.12 bits per heavy atom. The molecular weight excluding hydrogens is 434 g/mol. The van der Waals surface area contributed by atoms with E-state index in [-0.39, 0.29) is 23.5 Å². The van der Waals surface area contributed by atoms with Crippen LogP contribution in [0, 0.1) is 6.92 Å². The lowest BCUT2D eigenvalue weighted by Crippen LogP contribution is -2.39. The van der Waals surface area contributed by atoms with Gasteiger partial charge in [0.15, 0.2) is 5.16 Å². The predicted molar refractivity (Wildman–Crippen MR) is 128 cm³/mol. The van der Waals surface area contributed by atoms with Crippen LogP contribution in [0.25, 0.3) is 0 Å². The largest absolute Gasteiger partial charge is 0.351 e. The molecule has 3 aromatic rings. The lowest BCUT2D eigenvalue weighted by atomic mass is 9.93. The molecule has 1 N–H and O–H groups in total. The Labute approximate surface area is 198 Å². The third-order valence-electron chi connectivity index (χ3n) is 5.91. The lowest BCUT2D eigenvalue weighted by Gasteiger charge is -2.32. The van der Waals surface area contributed by atoms with Gasteiger partial charge in [-0.15, -0.1) is 0 Å². The highest BCUT2D eigenvalue weighted by atomic mass is 32.2. The molecule has 1 aromatic carbocycles. The summed E-state index contributed by atoms with van der Waals surface area (Å²) in [6.07, 6.45) is 5.94. The van der Waals surface area contributed by atoms with Crippen LogP contribution in [0.5, 0.6) is 0 Å². The Hall–Kier alpha value is -3.26. The number of aryl methyl sites for hydroxylation is 1.